The second kappa shape index (κ2) is 6.72. The predicted molar refractivity (Wildman–Crippen MR) is 86.9 cm³/mol. The monoisotopic (exact) mass is 350 g/mol. The summed E-state index contributed by atoms with van der Waals surface area (Å²) in [5.74, 6) is -0.748. The van der Waals surface area contributed by atoms with Crippen molar-refractivity contribution in [2.24, 2.45) is 0 Å². The highest BCUT2D eigenvalue weighted by Crippen LogP contribution is 2.21. The lowest BCUT2D eigenvalue weighted by molar-refractivity contribution is -0.114. The Labute approximate surface area is 131 Å². The van der Waals surface area contributed by atoms with E-state index < -0.39 is 5.82 Å². The zero-order valence-electron chi connectivity index (χ0n) is 11.8. The standard InChI is InChI=1S/C16H16BrFN2O/c1-10-3-4-12(7-14(10)17)9-19-13-5-6-15(18)16(8-13)20-11(2)21/h3-8,19H,9H2,1-2H3,(H,20,21). The Balaban J connectivity index is 2.09. The van der Waals surface area contributed by atoms with Crippen LogP contribution < -0.4 is 10.6 Å². The molecule has 5 heteroatoms. The first kappa shape index (κ1) is 15.5. The number of anilines is 2. The lowest BCUT2D eigenvalue weighted by Gasteiger charge is -2.10. The molecule has 2 rings (SSSR count). The summed E-state index contributed by atoms with van der Waals surface area (Å²) in [6.45, 7) is 3.99. The van der Waals surface area contributed by atoms with E-state index in [1.165, 1.54) is 18.6 Å². The maximum atomic E-state index is 13.5. The van der Waals surface area contributed by atoms with Crippen molar-refractivity contribution < 1.29 is 9.18 Å². The quantitative estimate of drug-likeness (QED) is 0.854. The normalized spacial score (nSPS) is 10.3. The molecule has 0 fully saturated rings. The highest BCUT2D eigenvalue weighted by molar-refractivity contribution is 9.10. The molecular formula is C16H16BrFN2O. The van der Waals surface area contributed by atoms with Gasteiger partial charge in [-0.2, -0.15) is 0 Å². The number of carbonyl (C=O) groups is 1. The number of hydrogen-bond donors (Lipinski definition) is 2. The van der Waals surface area contributed by atoms with Crippen molar-refractivity contribution in [2.75, 3.05) is 10.6 Å². The van der Waals surface area contributed by atoms with Gasteiger partial charge in [-0.1, -0.05) is 28.1 Å². The van der Waals surface area contributed by atoms with Gasteiger partial charge in [0.2, 0.25) is 5.91 Å². The molecule has 0 heterocycles. The molecule has 0 saturated carbocycles. The molecule has 0 aromatic heterocycles. The average molecular weight is 351 g/mol. The van der Waals surface area contributed by atoms with E-state index in [0.717, 1.165) is 15.7 Å². The van der Waals surface area contributed by atoms with Crippen LogP contribution in [0.3, 0.4) is 0 Å². The summed E-state index contributed by atoms with van der Waals surface area (Å²) in [6.07, 6.45) is 0. The van der Waals surface area contributed by atoms with E-state index >= 15 is 0 Å². The minimum Gasteiger partial charge on any atom is -0.381 e. The Hall–Kier alpha value is -1.88. The van der Waals surface area contributed by atoms with Crippen LogP contribution in [0.15, 0.2) is 40.9 Å². The minimum atomic E-state index is -0.450. The second-order valence-electron chi connectivity index (χ2n) is 4.81. The molecule has 0 aliphatic carbocycles. The summed E-state index contributed by atoms with van der Waals surface area (Å²) in [4.78, 5) is 11.0. The third-order valence-corrected chi connectivity index (χ3v) is 3.86. The molecular weight excluding hydrogens is 335 g/mol. The number of hydrogen-bond acceptors (Lipinski definition) is 2. The van der Waals surface area contributed by atoms with Crippen LogP contribution in [0.5, 0.6) is 0 Å². The molecule has 0 aliphatic heterocycles. The zero-order valence-corrected chi connectivity index (χ0v) is 13.4. The number of aryl methyl sites for hydroxylation is 1. The molecule has 1 amide bonds. The summed E-state index contributed by atoms with van der Waals surface area (Å²) in [6, 6.07) is 10.7. The van der Waals surface area contributed by atoms with Crippen molar-refractivity contribution in [1.82, 2.24) is 0 Å². The Morgan fingerprint density at radius 2 is 2.00 bits per heavy atom. The van der Waals surface area contributed by atoms with Gasteiger partial charge in [0.1, 0.15) is 5.82 Å². The van der Waals surface area contributed by atoms with E-state index in [0.29, 0.717) is 6.54 Å². The van der Waals surface area contributed by atoms with Crippen LogP contribution in [-0.2, 0) is 11.3 Å². The van der Waals surface area contributed by atoms with Crippen LogP contribution in [-0.4, -0.2) is 5.91 Å². The number of carbonyl (C=O) groups excluding carboxylic acids is 1. The first-order chi connectivity index (χ1) is 9.95. The van der Waals surface area contributed by atoms with Gasteiger partial charge in [-0.05, 0) is 42.3 Å². The van der Waals surface area contributed by atoms with Crippen molar-refractivity contribution in [3.05, 3.63) is 57.8 Å². The van der Waals surface area contributed by atoms with Crippen LogP contribution >= 0.6 is 15.9 Å². The Bertz CT molecular complexity index is 673. The van der Waals surface area contributed by atoms with E-state index in [-0.39, 0.29) is 11.6 Å². The van der Waals surface area contributed by atoms with Crippen molar-refractivity contribution >= 4 is 33.2 Å². The summed E-state index contributed by atoms with van der Waals surface area (Å²) in [5.41, 5.74) is 3.21. The van der Waals surface area contributed by atoms with Crippen LogP contribution in [0.4, 0.5) is 15.8 Å². The molecule has 2 aromatic carbocycles. The first-order valence-corrected chi connectivity index (χ1v) is 7.31. The van der Waals surface area contributed by atoms with E-state index in [4.69, 9.17) is 0 Å². The van der Waals surface area contributed by atoms with Crippen molar-refractivity contribution in [3.8, 4) is 0 Å². The van der Waals surface area contributed by atoms with Crippen molar-refractivity contribution in [2.45, 2.75) is 20.4 Å². The molecule has 0 radical (unpaired) electrons. The third-order valence-electron chi connectivity index (χ3n) is 3.01. The molecule has 2 N–H and O–H groups in total. The highest BCUT2D eigenvalue weighted by atomic mass is 79.9. The summed E-state index contributed by atoms with van der Waals surface area (Å²) >= 11 is 3.50. The van der Waals surface area contributed by atoms with Crippen LogP contribution in [0.1, 0.15) is 18.1 Å². The van der Waals surface area contributed by atoms with Gasteiger partial charge in [-0.15, -0.1) is 0 Å². The number of nitrogens with one attached hydrogen (secondary N) is 2. The minimum absolute atomic E-state index is 0.178. The molecule has 0 spiro atoms. The van der Waals surface area contributed by atoms with E-state index in [1.807, 2.05) is 25.1 Å². The lowest BCUT2D eigenvalue weighted by atomic mass is 10.1. The van der Waals surface area contributed by atoms with Gasteiger partial charge in [0.05, 0.1) is 5.69 Å². The van der Waals surface area contributed by atoms with Crippen LogP contribution in [0.25, 0.3) is 0 Å². The summed E-state index contributed by atoms with van der Waals surface area (Å²) in [5, 5.41) is 5.68. The zero-order chi connectivity index (χ0) is 15.4. The predicted octanol–water partition coefficient (Wildman–Crippen LogP) is 4.47. The maximum Gasteiger partial charge on any atom is 0.221 e. The van der Waals surface area contributed by atoms with Gasteiger partial charge in [-0.25, -0.2) is 4.39 Å². The average Bonchev–Trinajstić information content (AvgIpc) is 2.43. The van der Waals surface area contributed by atoms with E-state index in [2.05, 4.69) is 26.6 Å². The maximum absolute atomic E-state index is 13.5. The Morgan fingerprint density at radius 1 is 1.24 bits per heavy atom. The number of halogens is 2. The Kier molecular flexibility index (Phi) is 4.96. The molecule has 110 valence electrons. The second-order valence-corrected chi connectivity index (χ2v) is 5.67. The molecule has 0 saturated heterocycles. The topological polar surface area (TPSA) is 41.1 Å². The lowest BCUT2D eigenvalue weighted by Crippen LogP contribution is -2.08. The first-order valence-electron chi connectivity index (χ1n) is 6.52. The largest absolute Gasteiger partial charge is 0.381 e. The van der Waals surface area contributed by atoms with Gasteiger partial charge in [-0.3, -0.25) is 4.79 Å². The van der Waals surface area contributed by atoms with Gasteiger partial charge in [0.15, 0.2) is 0 Å². The number of amides is 1. The molecule has 21 heavy (non-hydrogen) atoms. The van der Waals surface area contributed by atoms with Crippen LogP contribution in [0.2, 0.25) is 0 Å². The fourth-order valence-electron chi connectivity index (χ4n) is 1.87. The summed E-state index contributed by atoms with van der Waals surface area (Å²) in [7, 11) is 0. The van der Waals surface area contributed by atoms with E-state index in [9.17, 15) is 9.18 Å². The molecule has 2 aromatic rings. The SMILES string of the molecule is CC(=O)Nc1cc(NCc2ccc(C)c(Br)c2)ccc1F. The molecule has 0 atom stereocenters. The molecule has 0 bridgehead atoms. The Morgan fingerprint density at radius 3 is 2.67 bits per heavy atom. The van der Waals surface area contributed by atoms with Crippen LogP contribution in [0, 0.1) is 12.7 Å². The van der Waals surface area contributed by atoms with Gasteiger partial charge in [0.25, 0.3) is 0 Å². The molecule has 0 aliphatic rings. The van der Waals surface area contributed by atoms with Crippen molar-refractivity contribution in [3.63, 3.8) is 0 Å². The van der Waals surface area contributed by atoms with Gasteiger partial charge < -0.3 is 10.6 Å². The smallest absolute Gasteiger partial charge is 0.221 e. The number of benzene rings is 2. The summed E-state index contributed by atoms with van der Waals surface area (Å²) < 4.78 is 14.6. The highest BCUT2D eigenvalue weighted by Gasteiger charge is 2.05. The fraction of sp³-hybridized carbons (Fsp3) is 0.188. The molecule has 3 nitrogen and oxygen atoms in total. The van der Waals surface area contributed by atoms with Gasteiger partial charge >= 0.3 is 0 Å². The molecule has 0 unspecified atom stereocenters. The van der Waals surface area contributed by atoms with E-state index in [1.54, 1.807) is 12.1 Å². The number of rotatable bonds is 4. The third kappa shape index (κ3) is 4.29. The van der Waals surface area contributed by atoms with Crippen molar-refractivity contribution in [1.29, 1.82) is 0 Å². The fourth-order valence-corrected chi connectivity index (χ4v) is 2.30. The van der Waals surface area contributed by atoms with Gasteiger partial charge in [0, 0.05) is 23.6 Å².